The highest BCUT2D eigenvalue weighted by Gasteiger charge is 2.67. The zero-order valence-corrected chi connectivity index (χ0v) is 9.42. The van der Waals surface area contributed by atoms with E-state index < -0.39 is 0 Å². The first-order valence-corrected chi connectivity index (χ1v) is 6.94. The van der Waals surface area contributed by atoms with E-state index in [4.69, 9.17) is 4.84 Å². The van der Waals surface area contributed by atoms with Gasteiger partial charge >= 0.3 is 0 Å². The van der Waals surface area contributed by atoms with Crippen LogP contribution in [0.4, 0.5) is 0 Å². The second-order valence-electron chi connectivity index (χ2n) is 6.79. The van der Waals surface area contributed by atoms with E-state index in [-0.39, 0.29) is 6.04 Å². The van der Waals surface area contributed by atoms with Crippen molar-refractivity contribution < 1.29 is 4.84 Å². The highest BCUT2D eigenvalue weighted by molar-refractivity contribution is 5.16. The van der Waals surface area contributed by atoms with E-state index in [1.165, 1.54) is 25.7 Å². The van der Waals surface area contributed by atoms with Crippen LogP contribution in [0.15, 0.2) is 0 Å². The molecule has 88 valence electrons. The first-order valence-electron chi connectivity index (χ1n) is 6.94. The summed E-state index contributed by atoms with van der Waals surface area (Å²) < 4.78 is 0. The van der Waals surface area contributed by atoms with E-state index >= 15 is 0 Å². The summed E-state index contributed by atoms with van der Waals surface area (Å²) in [4.78, 5) is 5.23. The zero-order valence-electron chi connectivity index (χ0n) is 9.42. The molecule has 3 heteroatoms. The van der Waals surface area contributed by atoms with Crippen LogP contribution in [0.3, 0.4) is 0 Å². The fraction of sp³-hybridized carbons (Fsp3) is 1.00. The minimum atomic E-state index is 0.241. The summed E-state index contributed by atoms with van der Waals surface area (Å²) in [6, 6.07) is 0.241. The van der Waals surface area contributed by atoms with Crippen LogP contribution in [0, 0.1) is 46.6 Å². The maximum atomic E-state index is 11.7. The lowest BCUT2D eigenvalue weighted by molar-refractivity contribution is -0.103. The zero-order chi connectivity index (χ0) is 10.4. The summed E-state index contributed by atoms with van der Waals surface area (Å²) in [5.74, 6) is 6.00. The molecule has 0 aromatic carbocycles. The average Bonchev–Trinajstić information content (AvgIpc) is 2.99. The second kappa shape index (κ2) is 2.65. The van der Waals surface area contributed by atoms with E-state index in [1.807, 2.05) is 0 Å². The van der Waals surface area contributed by atoms with E-state index in [1.54, 1.807) is 0 Å². The summed E-state index contributed by atoms with van der Waals surface area (Å²) in [5.41, 5.74) is 0. The van der Waals surface area contributed by atoms with Crippen LogP contribution in [0.25, 0.3) is 0 Å². The van der Waals surface area contributed by atoms with Crippen LogP contribution >= 0.6 is 0 Å². The van der Waals surface area contributed by atoms with Gasteiger partial charge in [0.15, 0.2) is 0 Å². The Morgan fingerprint density at radius 3 is 2.50 bits per heavy atom. The van der Waals surface area contributed by atoms with Gasteiger partial charge in [0, 0.05) is 12.0 Å². The predicted molar refractivity (Wildman–Crippen MR) is 57.8 cm³/mol. The average molecular weight is 220 g/mol. The molecule has 1 saturated heterocycles. The Morgan fingerprint density at radius 1 is 0.938 bits per heavy atom. The third-order valence-electron chi connectivity index (χ3n) is 6.64. The smallest absolute Gasteiger partial charge is 0.0719 e. The molecule has 0 aromatic heterocycles. The van der Waals surface area contributed by atoms with Crippen LogP contribution in [0.2, 0.25) is 0 Å². The summed E-state index contributed by atoms with van der Waals surface area (Å²) in [7, 11) is 0. The lowest BCUT2D eigenvalue weighted by Crippen LogP contribution is -2.43. The van der Waals surface area contributed by atoms with Gasteiger partial charge in [-0.1, -0.05) is 0 Å². The van der Waals surface area contributed by atoms with Gasteiger partial charge in [-0.3, -0.25) is 5.23 Å². The summed E-state index contributed by atoms with van der Waals surface area (Å²) >= 11 is 0. The van der Waals surface area contributed by atoms with Crippen LogP contribution in [-0.2, 0) is 4.84 Å². The van der Waals surface area contributed by atoms with Crippen molar-refractivity contribution in [1.29, 1.82) is 0 Å². The van der Waals surface area contributed by atoms with Gasteiger partial charge < -0.3 is 10.0 Å². The van der Waals surface area contributed by atoms with Gasteiger partial charge in [0.2, 0.25) is 0 Å². The summed E-state index contributed by atoms with van der Waals surface area (Å²) in [6.45, 7) is 0.718. The summed E-state index contributed by atoms with van der Waals surface area (Å²) in [6.07, 6.45) is 5.77. The van der Waals surface area contributed by atoms with E-state index in [9.17, 15) is 5.21 Å². The largest absolute Gasteiger partial charge is 0.762 e. The number of hydrogen-bond donors (Lipinski definition) is 0. The molecular weight excluding hydrogens is 202 g/mol. The van der Waals surface area contributed by atoms with Crippen molar-refractivity contribution in [2.75, 3.05) is 6.61 Å². The molecule has 3 nitrogen and oxygen atoms in total. The van der Waals surface area contributed by atoms with Crippen molar-refractivity contribution >= 4 is 0 Å². The Hall–Kier alpha value is -0.120. The van der Waals surface area contributed by atoms with Crippen molar-refractivity contribution in [2.45, 2.75) is 31.7 Å². The molecule has 4 saturated carbocycles. The molecule has 1 heterocycles. The maximum absolute atomic E-state index is 11.7. The van der Waals surface area contributed by atoms with Gasteiger partial charge in [-0.05, 0) is 61.2 Å². The molecule has 4 bridgehead atoms. The van der Waals surface area contributed by atoms with Crippen LogP contribution in [-0.4, -0.2) is 17.9 Å². The minimum Gasteiger partial charge on any atom is -0.762 e. The molecule has 16 heavy (non-hydrogen) atoms. The van der Waals surface area contributed by atoms with Crippen LogP contribution in [0.5, 0.6) is 0 Å². The SMILES string of the molecule is [O-]N1OCC2[C@@H]3CC(C4C5CCC(C5)C43)[C@H]21. The first-order chi connectivity index (χ1) is 7.84. The van der Waals surface area contributed by atoms with Crippen molar-refractivity contribution in [3.05, 3.63) is 5.21 Å². The molecule has 0 amide bonds. The third kappa shape index (κ3) is 0.793. The predicted octanol–water partition coefficient (Wildman–Crippen LogP) is 2.03. The van der Waals surface area contributed by atoms with E-state index in [0.717, 1.165) is 41.4 Å². The normalized spacial score (nSPS) is 66.6. The molecule has 1 aliphatic heterocycles. The van der Waals surface area contributed by atoms with Crippen molar-refractivity contribution in [3.8, 4) is 0 Å². The van der Waals surface area contributed by atoms with E-state index in [2.05, 4.69) is 0 Å². The number of hydroxylamine groups is 2. The fourth-order valence-electron chi connectivity index (χ4n) is 6.46. The van der Waals surface area contributed by atoms with Crippen molar-refractivity contribution in [3.63, 3.8) is 0 Å². The number of rotatable bonds is 0. The fourth-order valence-corrected chi connectivity index (χ4v) is 6.46. The Balaban J connectivity index is 1.57. The molecule has 0 aromatic rings. The first kappa shape index (κ1) is 8.90. The third-order valence-corrected chi connectivity index (χ3v) is 6.64. The lowest BCUT2D eigenvalue weighted by Gasteiger charge is -2.43. The van der Waals surface area contributed by atoms with Gasteiger partial charge in [-0.15, -0.1) is 0 Å². The summed E-state index contributed by atoms with van der Waals surface area (Å²) in [5, 5.41) is 12.7. The number of nitrogens with zero attached hydrogens (tertiary/aromatic N) is 1. The van der Waals surface area contributed by atoms with E-state index in [0.29, 0.717) is 11.8 Å². The number of fused-ring (bicyclic) bond motifs is 12. The maximum Gasteiger partial charge on any atom is 0.0719 e. The minimum absolute atomic E-state index is 0.241. The molecule has 5 rings (SSSR count). The molecule has 5 aliphatic rings. The van der Waals surface area contributed by atoms with Crippen molar-refractivity contribution in [2.24, 2.45) is 41.4 Å². The Morgan fingerprint density at radius 2 is 1.69 bits per heavy atom. The number of hydrogen-bond acceptors (Lipinski definition) is 3. The molecule has 0 N–H and O–H groups in total. The standard InChI is InChI=1S/C13H18NO2/c15-14-13-9-4-8(10(13)5-16-14)11-6-1-2-7(3-6)12(9)11/h6-13H,1-5H2/q-1/t6?,7?,8-,9?,10?,11?,12?,13+/m0/s1. The van der Waals surface area contributed by atoms with Crippen LogP contribution in [0.1, 0.15) is 25.7 Å². The highest BCUT2D eigenvalue weighted by Crippen LogP contribution is 2.70. The Labute approximate surface area is 95.7 Å². The topological polar surface area (TPSA) is 35.5 Å². The molecule has 0 radical (unpaired) electrons. The molecule has 6 unspecified atom stereocenters. The Kier molecular flexibility index (Phi) is 1.47. The quantitative estimate of drug-likeness (QED) is 0.586. The van der Waals surface area contributed by atoms with Gasteiger partial charge in [-0.2, -0.15) is 0 Å². The van der Waals surface area contributed by atoms with Crippen molar-refractivity contribution in [1.82, 2.24) is 5.23 Å². The molecule has 0 spiro atoms. The monoisotopic (exact) mass is 220 g/mol. The molecule has 4 aliphatic carbocycles. The molecular formula is C13H18NO2-. The second-order valence-corrected chi connectivity index (χ2v) is 6.79. The van der Waals surface area contributed by atoms with Gasteiger partial charge in [0.25, 0.3) is 0 Å². The Bertz CT molecular complexity index is 347. The van der Waals surface area contributed by atoms with Gasteiger partial charge in [0.05, 0.1) is 6.61 Å². The lowest BCUT2D eigenvalue weighted by atomic mass is 9.66. The van der Waals surface area contributed by atoms with Crippen LogP contribution < -0.4 is 0 Å². The molecule has 5 fully saturated rings. The highest BCUT2D eigenvalue weighted by atomic mass is 16.9. The van der Waals surface area contributed by atoms with Gasteiger partial charge in [0.1, 0.15) is 0 Å². The van der Waals surface area contributed by atoms with Gasteiger partial charge in [-0.25, -0.2) is 0 Å². The molecule has 8 atom stereocenters.